The van der Waals surface area contributed by atoms with Crippen LogP contribution in [0, 0.1) is 0 Å². The third kappa shape index (κ3) is 3.59. The van der Waals surface area contributed by atoms with Crippen molar-refractivity contribution < 1.29 is 9.32 Å². The first kappa shape index (κ1) is 15.3. The van der Waals surface area contributed by atoms with Gasteiger partial charge in [0.15, 0.2) is 5.16 Å². The molecule has 0 aliphatic carbocycles. The molecule has 1 aromatic carbocycles. The van der Waals surface area contributed by atoms with Crippen LogP contribution in [-0.4, -0.2) is 38.1 Å². The van der Waals surface area contributed by atoms with Gasteiger partial charge in [0, 0.05) is 24.9 Å². The van der Waals surface area contributed by atoms with Crippen molar-refractivity contribution in [3.63, 3.8) is 0 Å². The van der Waals surface area contributed by atoms with E-state index in [2.05, 4.69) is 20.7 Å². The minimum atomic E-state index is -0.205. The monoisotopic (exact) mass is 329 g/mol. The van der Waals surface area contributed by atoms with Crippen LogP contribution in [0.1, 0.15) is 10.4 Å². The molecule has 2 aromatic heterocycles. The van der Waals surface area contributed by atoms with Crippen LogP contribution in [0.3, 0.4) is 0 Å². The summed E-state index contributed by atoms with van der Waals surface area (Å²) in [6, 6.07) is 9.47. The van der Waals surface area contributed by atoms with Crippen LogP contribution < -0.4 is 5.32 Å². The van der Waals surface area contributed by atoms with Crippen molar-refractivity contribution in [1.29, 1.82) is 0 Å². The molecular weight excluding hydrogens is 314 g/mol. The Balaban J connectivity index is 1.57. The highest BCUT2D eigenvalue weighted by Gasteiger charge is 2.16. The van der Waals surface area contributed by atoms with Gasteiger partial charge in [0.2, 0.25) is 0 Å². The van der Waals surface area contributed by atoms with E-state index in [0.717, 1.165) is 10.7 Å². The Hall–Kier alpha value is -2.61. The lowest BCUT2D eigenvalue weighted by Crippen LogP contribution is -2.25. The van der Waals surface area contributed by atoms with Gasteiger partial charge in [0.05, 0.1) is 0 Å². The predicted octanol–water partition coefficient (Wildman–Crippen LogP) is 1.99. The smallest absolute Gasteiger partial charge is 0.256 e. The maximum atomic E-state index is 12.3. The summed E-state index contributed by atoms with van der Waals surface area (Å²) in [5.41, 5.74) is 1.82. The highest BCUT2D eigenvalue weighted by Crippen LogP contribution is 2.21. The molecule has 8 heteroatoms. The Morgan fingerprint density at radius 2 is 2.17 bits per heavy atom. The predicted molar refractivity (Wildman–Crippen MR) is 86.0 cm³/mol. The first-order chi connectivity index (χ1) is 11.3. The van der Waals surface area contributed by atoms with E-state index in [1.165, 1.54) is 18.0 Å². The maximum Gasteiger partial charge on any atom is 0.256 e. The summed E-state index contributed by atoms with van der Waals surface area (Å²) in [5, 5.41) is 15.4. The number of benzene rings is 1. The average Bonchev–Trinajstić information content (AvgIpc) is 3.21. The number of aromatic nitrogens is 4. The molecule has 3 rings (SSSR count). The topological polar surface area (TPSA) is 85.8 Å². The van der Waals surface area contributed by atoms with E-state index in [1.54, 1.807) is 6.33 Å². The maximum absolute atomic E-state index is 12.3. The summed E-state index contributed by atoms with van der Waals surface area (Å²) in [7, 11) is 1.88. The summed E-state index contributed by atoms with van der Waals surface area (Å²) >= 11 is 1.53. The summed E-state index contributed by atoms with van der Waals surface area (Å²) in [6.45, 7) is 0.510. The lowest BCUT2D eigenvalue weighted by Gasteiger charge is -2.04. The number of nitrogens with zero attached hydrogens (tertiary/aromatic N) is 4. The van der Waals surface area contributed by atoms with E-state index in [9.17, 15) is 4.79 Å². The molecule has 1 amide bonds. The molecule has 0 bridgehead atoms. The molecule has 2 heterocycles. The fraction of sp³-hybridized carbons (Fsp3) is 0.200. The largest absolute Gasteiger partial charge is 0.363 e. The van der Waals surface area contributed by atoms with Crippen LogP contribution in [0.25, 0.3) is 11.3 Å². The molecule has 0 aliphatic rings. The molecule has 0 atom stereocenters. The summed E-state index contributed by atoms with van der Waals surface area (Å²) in [5.74, 6) is 0.494. The lowest BCUT2D eigenvalue weighted by atomic mass is 10.1. The van der Waals surface area contributed by atoms with Crippen molar-refractivity contribution in [2.75, 3.05) is 12.3 Å². The number of carbonyl (C=O) groups excluding carboxylic acids is 1. The molecular formula is C15H15N5O2S. The zero-order chi connectivity index (χ0) is 16.1. The van der Waals surface area contributed by atoms with E-state index >= 15 is 0 Å². The molecule has 0 spiro atoms. The first-order valence-electron chi connectivity index (χ1n) is 7.00. The number of hydrogen-bond donors (Lipinski definition) is 1. The molecule has 23 heavy (non-hydrogen) atoms. The highest BCUT2D eigenvalue weighted by molar-refractivity contribution is 7.99. The standard InChI is InChI=1S/C15H15N5O2S/c1-20-10-17-18-15(20)23-8-7-16-14(21)12-9-22-19-13(12)11-5-3-2-4-6-11/h2-6,9-10H,7-8H2,1H3,(H,16,21). The van der Waals surface area contributed by atoms with Crippen LogP contribution >= 0.6 is 11.8 Å². The van der Waals surface area contributed by atoms with Gasteiger partial charge in [-0.25, -0.2) is 0 Å². The minimum Gasteiger partial charge on any atom is -0.363 e. The van der Waals surface area contributed by atoms with Gasteiger partial charge in [-0.15, -0.1) is 10.2 Å². The average molecular weight is 329 g/mol. The van der Waals surface area contributed by atoms with Gasteiger partial charge < -0.3 is 14.4 Å². The molecule has 0 radical (unpaired) electrons. The van der Waals surface area contributed by atoms with E-state index in [1.807, 2.05) is 41.9 Å². The van der Waals surface area contributed by atoms with Crippen LogP contribution in [0.15, 0.2) is 52.6 Å². The van der Waals surface area contributed by atoms with Gasteiger partial charge in [-0.2, -0.15) is 0 Å². The molecule has 0 fully saturated rings. The fourth-order valence-electron chi connectivity index (χ4n) is 2.01. The van der Waals surface area contributed by atoms with Gasteiger partial charge in [-0.05, 0) is 0 Å². The van der Waals surface area contributed by atoms with Crippen molar-refractivity contribution >= 4 is 17.7 Å². The second-order valence-corrected chi connectivity index (χ2v) is 5.83. The zero-order valence-electron chi connectivity index (χ0n) is 12.5. The lowest BCUT2D eigenvalue weighted by molar-refractivity contribution is 0.0956. The van der Waals surface area contributed by atoms with Crippen molar-refractivity contribution in [2.24, 2.45) is 7.05 Å². The molecule has 7 nitrogen and oxygen atoms in total. The number of hydrogen-bond acceptors (Lipinski definition) is 6. The molecule has 3 aromatic rings. The molecule has 1 N–H and O–H groups in total. The van der Waals surface area contributed by atoms with Crippen molar-refractivity contribution in [3.05, 3.63) is 48.5 Å². The fourth-order valence-corrected chi connectivity index (χ4v) is 2.75. The van der Waals surface area contributed by atoms with E-state index < -0.39 is 0 Å². The molecule has 0 aliphatic heterocycles. The molecule has 0 saturated carbocycles. The third-order valence-electron chi connectivity index (χ3n) is 3.15. The zero-order valence-corrected chi connectivity index (χ0v) is 13.3. The second kappa shape index (κ2) is 7.10. The van der Waals surface area contributed by atoms with Crippen molar-refractivity contribution in [1.82, 2.24) is 25.2 Å². The van der Waals surface area contributed by atoms with Gasteiger partial charge in [0.1, 0.15) is 23.8 Å². The number of thioether (sulfide) groups is 1. The van der Waals surface area contributed by atoms with Gasteiger partial charge in [0.25, 0.3) is 5.91 Å². The van der Waals surface area contributed by atoms with Crippen molar-refractivity contribution in [3.8, 4) is 11.3 Å². The Morgan fingerprint density at radius 1 is 1.35 bits per heavy atom. The SMILES string of the molecule is Cn1cnnc1SCCNC(=O)c1conc1-c1ccccc1. The number of nitrogens with one attached hydrogen (secondary N) is 1. The summed E-state index contributed by atoms with van der Waals surface area (Å²) < 4.78 is 6.80. The Bertz CT molecular complexity index is 784. The summed E-state index contributed by atoms with van der Waals surface area (Å²) in [4.78, 5) is 12.3. The molecule has 118 valence electrons. The van der Waals surface area contributed by atoms with Gasteiger partial charge >= 0.3 is 0 Å². The Morgan fingerprint density at radius 3 is 2.91 bits per heavy atom. The number of amides is 1. The van der Waals surface area contributed by atoms with E-state index in [-0.39, 0.29) is 5.91 Å². The number of rotatable bonds is 6. The minimum absolute atomic E-state index is 0.205. The number of carbonyl (C=O) groups is 1. The van der Waals surface area contributed by atoms with Crippen LogP contribution in [0.2, 0.25) is 0 Å². The van der Waals surface area contributed by atoms with Gasteiger partial charge in [-0.3, -0.25) is 4.79 Å². The number of aryl methyl sites for hydroxylation is 1. The quantitative estimate of drug-likeness (QED) is 0.550. The molecule has 0 saturated heterocycles. The van der Waals surface area contributed by atoms with Crippen LogP contribution in [-0.2, 0) is 7.05 Å². The Labute approximate surface area is 137 Å². The van der Waals surface area contributed by atoms with Crippen LogP contribution in [0.4, 0.5) is 0 Å². The summed E-state index contributed by atoms with van der Waals surface area (Å²) in [6.07, 6.45) is 3.01. The first-order valence-corrected chi connectivity index (χ1v) is 7.99. The molecule has 0 unspecified atom stereocenters. The highest BCUT2D eigenvalue weighted by atomic mass is 32.2. The third-order valence-corrected chi connectivity index (χ3v) is 4.19. The Kier molecular flexibility index (Phi) is 4.72. The van der Waals surface area contributed by atoms with Crippen LogP contribution in [0.5, 0.6) is 0 Å². The van der Waals surface area contributed by atoms with Crippen molar-refractivity contribution in [2.45, 2.75) is 5.16 Å². The van der Waals surface area contributed by atoms with E-state index in [0.29, 0.717) is 23.6 Å². The van der Waals surface area contributed by atoms with Gasteiger partial charge in [-0.1, -0.05) is 47.3 Å². The normalized spacial score (nSPS) is 10.7. The van der Waals surface area contributed by atoms with E-state index in [4.69, 9.17) is 4.52 Å². The second-order valence-electron chi connectivity index (χ2n) is 4.77.